The number of amides is 1. The van der Waals surface area contributed by atoms with Crippen molar-refractivity contribution in [1.82, 2.24) is 9.21 Å². The molecule has 1 saturated heterocycles. The molecule has 1 heterocycles. The molecule has 0 radical (unpaired) electrons. The molecule has 0 atom stereocenters. The fraction of sp³-hybridized carbons (Fsp3) is 0.278. The second-order valence-corrected chi connectivity index (χ2v) is 8.98. The number of sulfonamides is 1. The normalized spacial score (nSPS) is 15.4. The molecule has 0 saturated carbocycles. The number of halogens is 4. The first-order valence-corrected chi connectivity index (χ1v) is 10.7. The van der Waals surface area contributed by atoms with Gasteiger partial charge in [-0.3, -0.25) is 4.79 Å². The number of nitrogens with zero attached hydrogens (tertiary/aromatic N) is 2. The lowest BCUT2D eigenvalue weighted by Gasteiger charge is -2.34. The van der Waals surface area contributed by atoms with Gasteiger partial charge in [0.2, 0.25) is 10.0 Å². The van der Waals surface area contributed by atoms with Crippen molar-refractivity contribution in [3.8, 4) is 5.75 Å². The molecular formula is C18H16Cl2F2N2O4S. The molecule has 0 unspecified atom stereocenters. The van der Waals surface area contributed by atoms with Crippen LogP contribution in [0.2, 0.25) is 10.0 Å². The van der Waals surface area contributed by atoms with E-state index in [-0.39, 0.29) is 59.4 Å². The third kappa shape index (κ3) is 4.98. The first-order valence-electron chi connectivity index (χ1n) is 8.49. The Hall–Kier alpha value is -1.94. The van der Waals surface area contributed by atoms with E-state index in [0.717, 1.165) is 30.3 Å². The number of piperazine rings is 1. The topological polar surface area (TPSA) is 66.9 Å². The van der Waals surface area contributed by atoms with E-state index in [9.17, 15) is 22.0 Å². The Morgan fingerprint density at radius 2 is 1.69 bits per heavy atom. The van der Waals surface area contributed by atoms with Crippen molar-refractivity contribution in [3.05, 3.63) is 58.1 Å². The van der Waals surface area contributed by atoms with Gasteiger partial charge in [0, 0.05) is 26.2 Å². The Labute approximate surface area is 176 Å². The first kappa shape index (κ1) is 21.8. The summed E-state index contributed by atoms with van der Waals surface area (Å²) in [5.41, 5.74) is 0. The summed E-state index contributed by atoms with van der Waals surface area (Å²) in [7, 11) is -3.86. The van der Waals surface area contributed by atoms with Gasteiger partial charge in [-0.05, 0) is 36.4 Å². The minimum absolute atomic E-state index is 0.0478. The molecule has 1 fully saturated rings. The molecule has 0 aliphatic carbocycles. The predicted octanol–water partition coefficient (Wildman–Crippen LogP) is 3.18. The highest BCUT2D eigenvalue weighted by Crippen LogP contribution is 2.25. The van der Waals surface area contributed by atoms with Crippen LogP contribution in [0.25, 0.3) is 0 Å². The number of carbonyl (C=O) groups excluding carboxylic acids is 1. The second kappa shape index (κ2) is 8.83. The minimum atomic E-state index is -3.86. The fourth-order valence-electron chi connectivity index (χ4n) is 2.79. The number of hydrogen-bond acceptors (Lipinski definition) is 4. The molecule has 1 amide bonds. The Bertz CT molecular complexity index is 1030. The van der Waals surface area contributed by atoms with E-state index < -0.39 is 21.7 Å². The molecule has 11 heteroatoms. The molecule has 3 rings (SSSR count). The molecule has 2 aromatic rings. The summed E-state index contributed by atoms with van der Waals surface area (Å²) in [6, 6.07) is 6.76. The van der Waals surface area contributed by atoms with Gasteiger partial charge < -0.3 is 9.64 Å². The van der Waals surface area contributed by atoms with Crippen LogP contribution < -0.4 is 4.74 Å². The van der Waals surface area contributed by atoms with E-state index in [1.807, 2.05) is 0 Å². The fourth-order valence-corrected chi connectivity index (χ4v) is 4.70. The van der Waals surface area contributed by atoms with Gasteiger partial charge in [-0.1, -0.05) is 23.2 Å². The lowest BCUT2D eigenvalue weighted by atomic mass is 10.3. The molecule has 0 aromatic heterocycles. The molecule has 1 aliphatic heterocycles. The maximum atomic E-state index is 13.3. The Morgan fingerprint density at radius 1 is 1.00 bits per heavy atom. The Morgan fingerprint density at radius 3 is 2.31 bits per heavy atom. The molecule has 2 aromatic carbocycles. The lowest BCUT2D eigenvalue weighted by Crippen LogP contribution is -2.51. The smallest absolute Gasteiger partial charge is 0.260 e. The van der Waals surface area contributed by atoms with Crippen LogP contribution in [-0.2, 0) is 14.8 Å². The number of rotatable bonds is 5. The Kier molecular flexibility index (Phi) is 6.62. The van der Waals surface area contributed by atoms with E-state index in [0.29, 0.717) is 0 Å². The maximum absolute atomic E-state index is 13.3. The van der Waals surface area contributed by atoms with Crippen LogP contribution in [-0.4, -0.2) is 56.3 Å². The highest BCUT2D eigenvalue weighted by Gasteiger charge is 2.30. The average molecular weight is 465 g/mol. The minimum Gasteiger partial charge on any atom is -0.482 e. The van der Waals surface area contributed by atoms with Crippen molar-refractivity contribution in [3.63, 3.8) is 0 Å². The van der Waals surface area contributed by atoms with Gasteiger partial charge in [0.05, 0.1) is 14.9 Å². The number of carbonyl (C=O) groups is 1. The third-order valence-electron chi connectivity index (χ3n) is 4.37. The van der Waals surface area contributed by atoms with Crippen molar-refractivity contribution in [1.29, 1.82) is 0 Å². The van der Waals surface area contributed by atoms with Gasteiger partial charge in [0.1, 0.15) is 17.4 Å². The van der Waals surface area contributed by atoms with Crippen LogP contribution in [0.1, 0.15) is 0 Å². The highest BCUT2D eigenvalue weighted by atomic mass is 35.5. The van der Waals surface area contributed by atoms with Gasteiger partial charge in [-0.2, -0.15) is 4.31 Å². The quantitative estimate of drug-likeness (QED) is 0.681. The summed E-state index contributed by atoms with van der Waals surface area (Å²) >= 11 is 11.5. The van der Waals surface area contributed by atoms with Crippen LogP contribution in [0.5, 0.6) is 5.75 Å². The van der Waals surface area contributed by atoms with Gasteiger partial charge >= 0.3 is 0 Å². The monoisotopic (exact) mass is 464 g/mol. The zero-order valence-electron chi connectivity index (χ0n) is 14.9. The van der Waals surface area contributed by atoms with E-state index in [1.54, 1.807) is 0 Å². The number of hydrogen-bond donors (Lipinski definition) is 0. The molecule has 6 nitrogen and oxygen atoms in total. The van der Waals surface area contributed by atoms with Gasteiger partial charge in [0.25, 0.3) is 5.91 Å². The standard InChI is InChI=1S/C18H16Cl2F2N2O4S/c19-14-10-13(2-3-16(14)22)29(26,27)24-7-5-23(6-8-24)18(25)11-28-17-4-1-12(21)9-15(17)20/h1-4,9-10H,5-8,11H2. The molecule has 0 spiro atoms. The van der Waals surface area contributed by atoms with E-state index in [1.165, 1.54) is 15.3 Å². The SMILES string of the molecule is O=C(COc1ccc(F)cc1Cl)N1CCN(S(=O)(=O)c2ccc(F)c(Cl)c2)CC1. The molecule has 156 valence electrons. The molecule has 0 N–H and O–H groups in total. The zero-order chi connectivity index (χ0) is 21.2. The zero-order valence-corrected chi connectivity index (χ0v) is 17.3. The highest BCUT2D eigenvalue weighted by molar-refractivity contribution is 7.89. The van der Waals surface area contributed by atoms with E-state index in [4.69, 9.17) is 27.9 Å². The maximum Gasteiger partial charge on any atom is 0.260 e. The predicted molar refractivity (Wildman–Crippen MR) is 104 cm³/mol. The van der Waals surface area contributed by atoms with E-state index >= 15 is 0 Å². The molecule has 29 heavy (non-hydrogen) atoms. The molecular weight excluding hydrogens is 449 g/mol. The van der Waals surface area contributed by atoms with E-state index in [2.05, 4.69) is 0 Å². The van der Waals surface area contributed by atoms with Crippen LogP contribution >= 0.6 is 23.2 Å². The first-order chi connectivity index (χ1) is 13.7. The summed E-state index contributed by atoms with van der Waals surface area (Å²) in [6.45, 7) is 0.146. The van der Waals surface area contributed by atoms with Crippen LogP contribution in [0.15, 0.2) is 41.3 Å². The summed E-state index contributed by atoms with van der Waals surface area (Å²) in [6.07, 6.45) is 0. The summed E-state index contributed by atoms with van der Waals surface area (Å²) in [5, 5.41) is -0.233. The Balaban J connectivity index is 1.58. The third-order valence-corrected chi connectivity index (χ3v) is 6.84. The number of ether oxygens (including phenoxy) is 1. The van der Waals surface area contributed by atoms with Gasteiger partial charge in [-0.15, -0.1) is 0 Å². The van der Waals surface area contributed by atoms with Crippen LogP contribution in [0.4, 0.5) is 8.78 Å². The van der Waals surface area contributed by atoms with Crippen molar-refractivity contribution in [2.75, 3.05) is 32.8 Å². The summed E-state index contributed by atoms with van der Waals surface area (Å²) in [4.78, 5) is 13.7. The van der Waals surface area contributed by atoms with Crippen molar-refractivity contribution in [2.24, 2.45) is 0 Å². The second-order valence-electron chi connectivity index (χ2n) is 6.22. The van der Waals surface area contributed by atoms with Crippen molar-refractivity contribution >= 4 is 39.1 Å². The lowest BCUT2D eigenvalue weighted by molar-refractivity contribution is -0.134. The largest absolute Gasteiger partial charge is 0.482 e. The molecule has 0 bridgehead atoms. The summed E-state index contributed by atoms with van der Waals surface area (Å²) < 4.78 is 58.2. The van der Waals surface area contributed by atoms with Crippen LogP contribution in [0, 0.1) is 11.6 Å². The average Bonchev–Trinajstić information content (AvgIpc) is 2.69. The number of benzene rings is 2. The van der Waals surface area contributed by atoms with Gasteiger partial charge in [0.15, 0.2) is 6.61 Å². The van der Waals surface area contributed by atoms with Gasteiger partial charge in [-0.25, -0.2) is 17.2 Å². The van der Waals surface area contributed by atoms with Crippen LogP contribution in [0.3, 0.4) is 0 Å². The molecule has 1 aliphatic rings. The summed E-state index contributed by atoms with van der Waals surface area (Å²) in [5.74, 6) is -1.40. The van der Waals surface area contributed by atoms with Crippen molar-refractivity contribution < 1.29 is 26.7 Å². The van der Waals surface area contributed by atoms with Crippen molar-refractivity contribution in [2.45, 2.75) is 4.90 Å².